The monoisotopic (exact) mass is 337 g/mol. The van der Waals surface area contributed by atoms with Gasteiger partial charge in [0.2, 0.25) is 5.91 Å². The van der Waals surface area contributed by atoms with E-state index in [4.69, 9.17) is 0 Å². The second-order valence-corrected chi connectivity index (χ2v) is 5.95. The van der Waals surface area contributed by atoms with Gasteiger partial charge in [-0.2, -0.15) is 10.4 Å². The van der Waals surface area contributed by atoms with Crippen molar-refractivity contribution < 1.29 is 4.79 Å². The van der Waals surface area contributed by atoms with Crippen LogP contribution in [-0.2, 0) is 24.1 Å². The van der Waals surface area contributed by atoms with Crippen LogP contribution in [0, 0.1) is 11.3 Å². The Morgan fingerprint density at radius 2 is 1.84 bits per heavy atom. The molecule has 0 fully saturated rings. The molecule has 130 valence electrons. The minimum atomic E-state index is 0.0566. The van der Waals surface area contributed by atoms with Crippen molar-refractivity contribution in [3.8, 4) is 6.07 Å². The number of nitriles is 1. The lowest BCUT2D eigenvalue weighted by molar-refractivity contribution is -0.127. The van der Waals surface area contributed by atoms with Gasteiger partial charge < -0.3 is 10.2 Å². The molecule has 1 aromatic heterocycles. The number of likely N-dealkylation sites (N-methyl/N-ethyl adjacent to an activating group) is 1. The molecule has 0 spiro atoms. The standard InChI is InChI=1S/C19H23N5O/c1-5-15-16(12-20)19(23-22-17(15)6-2)21-14-9-7-13(8-10-14)11-18(25)24(3)4/h7-10H,5-6,11H2,1-4H3,(H,21,23). The Hall–Kier alpha value is -2.94. The molecule has 0 atom stereocenters. The molecule has 1 amide bonds. The van der Waals surface area contributed by atoms with Crippen LogP contribution in [0.1, 0.15) is 36.2 Å². The fourth-order valence-corrected chi connectivity index (χ4v) is 2.56. The van der Waals surface area contributed by atoms with E-state index < -0.39 is 0 Å². The Balaban J connectivity index is 2.23. The van der Waals surface area contributed by atoms with Gasteiger partial charge in [0.15, 0.2) is 5.82 Å². The lowest BCUT2D eigenvalue weighted by Gasteiger charge is -2.13. The maximum Gasteiger partial charge on any atom is 0.226 e. The minimum Gasteiger partial charge on any atom is -0.349 e. The third-order valence-electron chi connectivity index (χ3n) is 4.03. The molecule has 6 nitrogen and oxygen atoms in total. The van der Waals surface area contributed by atoms with Gasteiger partial charge in [-0.25, -0.2) is 0 Å². The first-order chi connectivity index (χ1) is 12.0. The number of benzene rings is 1. The number of carbonyl (C=O) groups excluding carboxylic acids is 1. The maximum atomic E-state index is 11.8. The zero-order valence-electron chi connectivity index (χ0n) is 15.1. The van der Waals surface area contributed by atoms with Crippen LogP contribution in [0.3, 0.4) is 0 Å². The number of carbonyl (C=O) groups is 1. The molecule has 1 N–H and O–H groups in total. The van der Waals surface area contributed by atoms with Gasteiger partial charge in [0, 0.05) is 19.8 Å². The molecule has 0 radical (unpaired) electrons. The van der Waals surface area contributed by atoms with Crippen LogP contribution in [-0.4, -0.2) is 35.1 Å². The topological polar surface area (TPSA) is 81.9 Å². The number of hydrogen-bond acceptors (Lipinski definition) is 5. The van der Waals surface area contributed by atoms with E-state index in [2.05, 4.69) is 21.6 Å². The molecule has 1 aromatic carbocycles. The van der Waals surface area contributed by atoms with Crippen molar-refractivity contribution >= 4 is 17.4 Å². The number of anilines is 2. The number of aryl methyl sites for hydroxylation is 1. The summed E-state index contributed by atoms with van der Waals surface area (Å²) in [6, 6.07) is 9.78. The van der Waals surface area contributed by atoms with Crippen LogP contribution in [0.5, 0.6) is 0 Å². The van der Waals surface area contributed by atoms with Crippen molar-refractivity contribution in [1.82, 2.24) is 15.1 Å². The van der Waals surface area contributed by atoms with Crippen molar-refractivity contribution in [3.05, 3.63) is 46.6 Å². The predicted molar refractivity (Wildman–Crippen MR) is 97.6 cm³/mol. The van der Waals surface area contributed by atoms with E-state index in [1.807, 2.05) is 38.1 Å². The first kappa shape index (κ1) is 18.4. The molecule has 0 aliphatic carbocycles. The SMILES string of the molecule is CCc1nnc(Nc2ccc(CC(=O)N(C)C)cc2)c(C#N)c1CC. The fraction of sp³-hybridized carbons (Fsp3) is 0.368. The lowest BCUT2D eigenvalue weighted by Crippen LogP contribution is -2.23. The first-order valence-electron chi connectivity index (χ1n) is 8.34. The number of amides is 1. The maximum absolute atomic E-state index is 11.8. The lowest BCUT2D eigenvalue weighted by atomic mass is 10.0. The van der Waals surface area contributed by atoms with Gasteiger partial charge in [0.25, 0.3) is 0 Å². The summed E-state index contributed by atoms with van der Waals surface area (Å²) in [7, 11) is 3.48. The van der Waals surface area contributed by atoms with Crippen LogP contribution in [0.25, 0.3) is 0 Å². The summed E-state index contributed by atoms with van der Waals surface area (Å²) in [5.74, 6) is 0.523. The van der Waals surface area contributed by atoms with E-state index in [-0.39, 0.29) is 5.91 Å². The Morgan fingerprint density at radius 3 is 2.36 bits per heavy atom. The van der Waals surface area contributed by atoms with Crippen LogP contribution in [0.15, 0.2) is 24.3 Å². The molecule has 0 saturated heterocycles. The molecular formula is C19H23N5O. The average Bonchev–Trinajstić information content (AvgIpc) is 2.62. The highest BCUT2D eigenvalue weighted by Crippen LogP contribution is 2.23. The third-order valence-corrected chi connectivity index (χ3v) is 4.03. The molecule has 1 heterocycles. The summed E-state index contributed by atoms with van der Waals surface area (Å²) in [6.45, 7) is 4.02. The second kappa shape index (κ2) is 8.25. The van der Waals surface area contributed by atoms with Crippen molar-refractivity contribution in [2.24, 2.45) is 0 Å². The summed E-state index contributed by atoms with van der Waals surface area (Å²) in [5.41, 5.74) is 4.09. The molecule has 25 heavy (non-hydrogen) atoms. The summed E-state index contributed by atoms with van der Waals surface area (Å²) < 4.78 is 0. The molecule has 0 aliphatic rings. The van der Waals surface area contributed by atoms with Crippen LogP contribution >= 0.6 is 0 Å². The number of rotatable bonds is 6. The highest BCUT2D eigenvalue weighted by atomic mass is 16.2. The Morgan fingerprint density at radius 1 is 1.16 bits per heavy atom. The highest BCUT2D eigenvalue weighted by molar-refractivity contribution is 5.78. The smallest absolute Gasteiger partial charge is 0.226 e. The van der Waals surface area contributed by atoms with Crippen molar-refractivity contribution in [2.75, 3.05) is 19.4 Å². The van der Waals surface area contributed by atoms with E-state index in [1.54, 1.807) is 19.0 Å². The molecule has 0 saturated carbocycles. The summed E-state index contributed by atoms with van der Waals surface area (Å²) in [6.07, 6.45) is 1.85. The number of nitrogens with one attached hydrogen (secondary N) is 1. The fourth-order valence-electron chi connectivity index (χ4n) is 2.56. The highest BCUT2D eigenvalue weighted by Gasteiger charge is 2.14. The first-order valence-corrected chi connectivity index (χ1v) is 8.34. The summed E-state index contributed by atoms with van der Waals surface area (Å²) >= 11 is 0. The van der Waals surface area contributed by atoms with Crippen molar-refractivity contribution in [3.63, 3.8) is 0 Å². The van der Waals surface area contributed by atoms with Crippen LogP contribution in [0.2, 0.25) is 0 Å². The largest absolute Gasteiger partial charge is 0.349 e. The van der Waals surface area contributed by atoms with E-state index in [1.165, 1.54) is 0 Å². The normalized spacial score (nSPS) is 10.2. The molecule has 6 heteroatoms. The molecule has 2 aromatic rings. The Kier molecular flexibility index (Phi) is 6.07. The van der Waals surface area contributed by atoms with Crippen LogP contribution < -0.4 is 5.32 Å². The average molecular weight is 337 g/mol. The summed E-state index contributed by atoms with van der Waals surface area (Å²) in [5, 5.41) is 21.1. The number of aromatic nitrogens is 2. The molecule has 0 bridgehead atoms. The quantitative estimate of drug-likeness (QED) is 0.876. The summed E-state index contributed by atoms with van der Waals surface area (Å²) in [4.78, 5) is 13.3. The van der Waals surface area contributed by atoms with Gasteiger partial charge in [0.1, 0.15) is 11.6 Å². The van der Waals surface area contributed by atoms with Gasteiger partial charge in [-0.1, -0.05) is 26.0 Å². The van der Waals surface area contributed by atoms with Crippen molar-refractivity contribution in [2.45, 2.75) is 33.1 Å². The van der Waals surface area contributed by atoms with E-state index in [0.717, 1.165) is 35.3 Å². The molecule has 0 unspecified atom stereocenters. The van der Waals surface area contributed by atoms with Crippen LogP contribution in [0.4, 0.5) is 11.5 Å². The van der Waals surface area contributed by atoms with Gasteiger partial charge in [-0.15, -0.1) is 5.10 Å². The zero-order chi connectivity index (χ0) is 18.4. The predicted octanol–water partition coefficient (Wildman–Crippen LogP) is 2.85. The Bertz CT molecular complexity index is 791. The number of hydrogen-bond donors (Lipinski definition) is 1. The molecular weight excluding hydrogens is 314 g/mol. The Labute approximate surface area is 148 Å². The van der Waals surface area contributed by atoms with E-state index in [9.17, 15) is 10.1 Å². The van der Waals surface area contributed by atoms with Gasteiger partial charge >= 0.3 is 0 Å². The minimum absolute atomic E-state index is 0.0566. The third kappa shape index (κ3) is 4.32. The van der Waals surface area contributed by atoms with E-state index >= 15 is 0 Å². The van der Waals surface area contributed by atoms with Gasteiger partial charge in [-0.3, -0.25) is 4.79 Å². The second-order valence-electron chi connectivity index (χ2n) is 5.95. The molecule has 2 rings (SSSR count). The van der Waals surface area contributed by atoms with Gasteiger partial charge in [-0.05, 0) is 36.1 Å². The number of nitrogens with zero attached hydrogens (tertiary/aromatic N) is 4. The van der Waals surface area contributed by atoms with E-state index in [0.29, 0.717) is 17.8 Å². The zero-order valence-corrected chi connectivity index (χ0v) is 15.1. The van der Waals surface area contributed by atoms with Gasteiger partial charge in [0.05, 0.1) is 12.1 Å². The van der Waals surface area contributed by atoms with Crippen molar-refractivity contribution in [1.29, 1.82) is 5.26 Å². The molecule has 0 aliphatic heterocycles.